The average molecular weight is 383 g/mol. The third-order valence-corrected chi connectivity index (χ3v) is 6.04. The predicted molar refractivity (Wildman–Crippen MR) is 91.4 cm³/mol. The Bertz CT molecular complexity index is 913. The van der Waals surface area contributed by atoms with E-state index in [1.54, 1.807) is 18.2 Å². The van der Waals surface area contributed by atoms with Crippen LogP contribution in [-0.2, 0) is 22.0 Å². The Morgan fingerprint density at radius 1 is 1.23 bits per heavy atom. The van der Waals surface area contributed by atoms with Gasteiger partial charge in [-0.3, -0.25) is 0 Å². The molecule has 0 heterocycles. The molecule has 5 nitrogen and oxygen atoms in total. The third kappa shape index (κ3) is 3.44. The van der Waals surface area contributed by atoms with Gasteiger partial charge in [-0.05, 0) is 54.7 Å². The van der Waals surface area contributed by atoms with Gasteiger partial charge in [-0.25, -0.2) is 21.9 Å². The van der Waals surface area contributed by atoms with Gasteiger partial charge in [0, 0.05) is 6.54 Å². The lowest BCUT2D eigenvalue weighted by molar-refractivity contribution is 0.0242. The number of fused-ring (bicyclic) bond motifs is 1. The molecule has 2 aromatic rings. The lowest BCUT2D eigenvalue weighted by atomic mass is 9.79. The molecule has 0 bridgehead atoms. The topological polar surface area (TPSA) is 75.6 Å². The van der Waals surface area contributed by atoms with Crippen LogP contribution in [0.1, 0.15) is 24.0 Å². The van der Waals surface area contributed by atoms with Crippen LogP contribution in [0.5, 0.6) is 5.75 Å². The maximum atomic E-state index is 13.8. The number of ether oxygens (including phenoxy) is 1. The molecule has 1 unspecified atom stereocenters. The molecule has 0 saturated carbocycles. The molecule has 0 radical (unpaired) electrons. The summed E-state index contributed by atoms with van der Waals surface area (Å²) in [6, 6.07) is 7.99. The van der Waals surface area contributed by atoms with Gasteiger partial charge < -0.3 is 9.84 Å². The quantitative estimate of drug-likeness (QED) is 0.832. The van der Waals surface area contributed by atoms with Gasteiger partial charge in [-0.15, -0.1) is 0 Å². The van der Waals surface area contributed by atoms with E-state index in [1.165, 1.54) is 7.11 Å². The fraction of sp³-hybridized carbons (Fsp3) is 0.333. The van der Waals surface area contributed by atoms with Crippen molar-refractivity contribution in [1.82, 2.24) is 4.72 Å². The lowest BCUT2D eigenvalue weighted by Gasteiger charge is -2.34. The molecule has 0 saturated heterocycles. The van der Waals surface area contributed by atoms with Crippen LogP contribution in [0.25, 0.3) is 0 Å². The monoisotopic (exact) mass is 383 g/mol. The van der Waals surface area contributed by atoms with E-state index >= 15 is 0 Å². The first-order valence-electron chi connectivity index (χ1n) is 8.10. The maximum absolute atomic E-state index is 13.8. The van der Waals surface area contributed by atoms with E-state index in [1.807, 2.05) is 0 Å². The van der Waals surface area contributed by atoms with Crippen molar-refractivity contribution in [3.63, 3.8) is 0 Å². The van der Waals surface area contributed by atoms with Gasteiger partial charge >= 0.3 is 0 Å². The zero-order valence-corrected chi connectivity index (χ0v) is 14.9. The summed E-state index contributed by atoms with van der Waals surface area (Å²) in [5.74, 6) is -1.72. The molecular formula is C18H19F2NO4S. The standard InChI is InChI=1S/C18H19F2NO4S/c1-25-13-7-8-14-12(10-13)4-3-9-18(14,22)11-21-26(23,24)17-15(19)5-2-6-16(17)20/h2,5-8,10,21-22H,3-4,9,11H2,1H3. The molecule has 140 valence electrons. The molecule has 2 N–H and O–H groups in total. The minimum absolute atomic E-state index is 0.328. The number of benzene rings is 2. The lowest BCUT2D eigenvalue weighted by Crippen LogP contribution is -2.43. The first-order valence-corrected chi connectivity index (χ1v) is 9.58. The smallest absolute Gasteiger partial charge is 0.246 e. The van der Waals surface area contributed by atoms with E-state index in [9.17, 15) is 22.3 Å². The van der Waals surface area contributed by atoms with Crippen molar-refractivity contribution in [1.29, 1.82) is 0 Å². The van der Waals surface area contributed by atoms with Crippen LogP contribution < -0.4 is 9.46 Å². The third-order valence-electron chi connectivity index (χ3n) is 4.59. The fourth-order valence-corrected chi connectivity index (χ4v) is 4.50. The van der Waals surface area contributed by atoms with Gasteiger partial charge in [0.05, 0.1) is 7.11 Å². The van der Waals surface area contributed by atoms with Crippen LogP contribution in [0.3, 0.4) is 0 Å². The van der Waals surface area contributed by atoms with E-state index in [0.717, 1.165) is 30.2 Å². The highest BCUT2D eigenvalue weighted by atomic mass is 32.2. The predicted octanol–water partition coefficient (Wildman–Crippen LogP) is 2.48. The van der Waals surface area contributed by atoms with Gasteiger partial charge in [0.25, 0.3) is 0 Å². The van der Waals surface area contributed by atoms with Crippen LogP contribution in [0.2, 0.25) is 0 Å². The summed E-state index contributed by atoms with van der Waals surface area (Å²) in [5.41, 5.74) is -0.0232. The number of sulfonamides is 1. The van der Waals surface area contributed by atoms with Crippen LogP contribution in [-0.4, -0.2) is 27.2 Å². The number of halogens is 2. The average Bonchev–Trinajstić information content (AvgIpc) is 2.60. The first-order chi connectivity index (χ1) is 12.3. The molecule has 1 atom stereocenters. The Hall–Kier alpha value is -2.03. The van der Waals surface area contributed by atoms with E-state index in [-0.39, 0.29) is 6.54 Å². The summed E-state index contributed by atoms with van der Waals surface area (Å²) in [7, 11) is -2.92. The number of hydrogen-bond acceptors (Lipinski definition) is 4. The van der Waals surface area contributed by atoms with Crippen molar-refractivity contribution >= 4 is 10.0 Å². The summed E-state index contributed by atoms with van der Waals surface area (Å²) in [5, 5.41) is 11.0. The number of rotatable bonds is 5. The SMILES string of the molecule is COc1ccc2c(c1)CCCC2(O)CNS(=O)(=O)c1c(F)cccc1F. The molecule has 2 aromatic carbocycles. The Labute approximate surface area is 150 Å². The molecule has 1 aliphatic rings. The summed E-state index contributed by atoms with van der Waals surface area (Å²) in [6.07, 6.45) is 1.70. The number of aliphatic hydroxyl groups is 1. The van der Waals surface area contributed by atoms with Crippen molar-refractivity contribution in [3.05, 3.63) is 59.2 Å². The molecule has 0 fully saturated rings. The highest BCUT2D eigenvalue weighted by molar-refractivity contribution is 7.89. The van der Waals surface area contributed by atoms with Crippen LogP contribution in [0.4, 0.5) is 8.78 Å². The second kappa shape index (κ2) is 6.94. The van der Waals surface area contributed by atoms with Gasteiger partial charge in [0.2, 0.25) is 10.0 Å². The number of nitrogens with one attached hydrogen (secondary N) is 1. The Morgan fingerprint density at radius 3 is 2.58 bits per heavy atom. The second-order valence-electron chi connectivity index (χ2n) is 6.28. The van der Waals surface area contributed by atoms with Crippen molar-refractivity contribution in [2.75, 3.05) is 13.7 Å². The van der Waals surface area contributed by atoms with Gasteiger partial charge in [-0.1, -0.05) is 12.1 Å². The highest BCUT2D eigenvalue weighted by Crippen LogP contribution is 2.37. The van der Waals surface area contributed by atoms with E-state index in [0.29, 0.717) is 24.2 Å². The van der Waals surface area contributed by atoms with Crippen LogP contribution >= 0.6 is 0 Å². The summed E-state index contributed by atoms with van der Waals surface area (Å²) in [4.78, 5) is -1.05. The molecule has 0 amide bonds. The van der Waals surface area contributed by atoms with Crippen LogP contribution in [0, 0.1) is 11.6 Å². The number of hydrogen-bond donors (Lipinski definition) is 2. The zero-order valence-electron chi connectivity index (χ0n) is 14.1. The number of aryl methyl sites for hydroxylation is 1. The van der Waals surface area contributed by atoms with Crippen molar-refractivity contribution in [3.8, 4) is 5.75 Å². The molecule has 3 rings (SSSR count). The van der Waals surface area contributed by atoms with Gasteiger partial charge in [0.15, 0.2) is 4.90 Å². The van der Waals surface area contributed by atoms with E-state index in [4.69, 9.17) is 4.74 Å². The molecular weight excluding hydrogens is 364 g/mol. The molecule has 0 aliphatic heterocycles. The van der Waals surface area contributed by atoms with E-state index < -0.39 is 32.2 Å². The molecule has 0 aromatic heterocycles. The van der Waals surface area contributed by atoms with E-state index in [2.05, 4.69) is 4.72 Å². The summed E-state index contributed by atoms with van der Waals surface area (Å²) in [6.45, 7) is -0.386. The second-order valence-corrected chi connectivity index (χ2v) is 7.99. The Morgan fingerprint density at radius 2 is 1.92 bits per heavy atom. The Balaban J connectivity index is 1.88. The normalized spacial score (nSPS) is 19.8. The minimum Gasteiger partial charge on any atom is -0.497 e. The van der Waals surface area contributed by atoms with Gasteiger partial charge in [-0.2, -0.15) is 0 Å². The minimum atomic E-state index is -4.46. The summed E-state index contributed by atoms with van der Waals surface area (Å²) < 4.78 is 59.6. The fourth-order valence-electron chi connectivity index (χ4n) is 3.27. The molecule has 1 aliphatic carbocycles. The van der Waals surface area contributed by atoms with Crippen LogP contribution in [0.15, 0.2) is 41.3 Å². The summed E-state index contributed by atoms with van der Waals surface area (Å²) >= 11 is 0. The highest BCUT2D eigenvalue weighted by Gasteiger charge is 2.36. The Kier molecular flexibility index (Phi) is 5.01. The molecule has 26 heavy (non-hydrogen) atoms. The first kappa shape index (κ1) is 18.8. The molecule has 0 spiro atoms. The number of methoxy groups -OCH3 is 1. The zero-order chi connectivity index (χ0) is 18.9. The largest absolute Gasteiger partial charge is 0.497 e. The maximum Gasteiger partial charge on any atom is 0.246 e. The van der Waals surface area contributed by atoms with Crippen molar-refractivity contribution < 1.29 is 27.0 Å². The molecule has 8 heteroatoms. The van der Waals surface area contributed by atoms with Gasteiger partial charge in [0.1, 0.15) is 23.0 Å². The van der Waals surface area contributed by atoms with Crippen molar-refractivity contribution in [2.24, 2.45) is 0 Å². The van der Waals surface area contributed by atoms with Crippen molar-refractivity contribution in [2.45, 2.75) is 29.8 Å².